The molecule has 5 nitrogen and oxygen atoms in total. The zero-order valence-electron chi connectivity index (χ0n) is 17.9. The van der Waals surface area contributed by atoms with Crippen molar-refractivity contribution in [3.8, 4) is 5.13 Å². The van der Waals surface area contributed by atoms with Gasteiger partial charge in [0.1, 0.15) is 6.04 Å². The average molecular weight is 468 g/mol. The molecule has 0 radical (unpaired) electrons. The predicted octanol–water partition coefficient (Wildman–Crippen LogP) is 5.97. The molecule has 1 N–H and O–H groups in total. The van der Waals surface area contributed by atoms with Crippen LogP contribution in [0.3, 0.4) is 0 Å². The third-order valence-corrected chi connectivity index (χ3v) is 7.33. The molecule has 2 aromatic carbocycles. The van der Waals surface area contributed by atoms with Crippen LogP contribution >= 0.6 is 23.6 Å². The predicted molar refractivity (Wildman–Crippen MR) is 138 cm³/mol. The SMILES string of the molecule is Cc1ccc(N2C(=S)N[C@@H](c3ccccn3)[C@@H]2c2cccn2-c2nc3ccccc3s2)cc1. The maximum atomic E-state index is 5.86. The first kappa shape index (κ1) is 20.1. The molecular weight excluding hydrogens is 446 g/mol. The summed E-state index contributed by atoms with van der Waals surface area (Å²) in [6.07, 6.45) is 3.91. The Kier molecular flexibility index (Phi) is 4.93. The lowest BCUT2D eigenvalue weighted by atomic mass is 10.0. The molecule has 33 heavy (non-hydrogen) atoms. The topological polar surface area (TPSA) is 46.0 Å². The van der Waals surface area contributed by atoms with Gasteiger partial charge in [-0.2, -0.15) is 0 Å². The van der Waals surface area contributed by atoms with Crippen molar-refractivity contribution in [2.75, 3.05) is 4.90 Å². The number of thiazole rings is 1. The minimum absolute atomic E-state index is 0.0860. The quantitative estimate of drug-likeness (QED) is 0.330. The highest BCUT2D eigenvalue weighted by molar-refractivity contribution is 7.80. The first-order valence-corrected chi connectivity index (χ1v) is 12.0. The zero-order valence-corrected chi connectivity index (χ0v) is 19.6. The molecule has 2 atom stereocenters. The highest BCUT2D eigenvalue weighted by atomic mass is 32.1. The molecule has 0 aliphatic carbocycles. The highest BCUT2D eigenvalue weighted by Crippen LogP contribution is 2.42. The number of rotatable bonds is 4. The number of para-hydroxylation sites is 1. The van der Waals surface area contributed by atoms with E-state index in [-0.39, 0.29) is 12.1 Å². The second-order valence-corrected chi connectivity index (χ2v) is 9.50. The fraction of sp³-hybridized carbons (Fsp3) is 0.115. The molecule has 7 heteroatoms. The second-order valence-electron chi connectivity index (χ2n) is 8.10. The first-order valence-electron chi connectivity index (χ1n) is 10.8. The second kappa shape index (κ2) is 8.10. The summed E-state index contributed by atoms with van der Waals surface area (Å²) in [5.74, 6) is 0. The Morgan fingerprint density at radius 2 is 1.76 bits per heavy atom. The molecule has 3 aromatic heterocycles. The van der Waals surface area contributed by atoms with Crippen molar-refractivity contribution in [3.05, 3.63) is 108 Å². The van der Waals surface area contributed by atoms with E-state index in [0.717, 1.165) is 27.7 Å². The molecule has 0 spiro atoms. The number of anilines is 1. The Balaban J connectivity index is 1.51. The number of benzene rings is 2. The highest BCUT2D eigenvalue weighted by Gasteiger charge is 2.42. The first-order chi connectivity index (χ1) is 16.2. The lowest BCUT2D eigenvalue weighted by Crippen LogP contribution is -2.30. The zero-order chi connectivity index (χ0) is 22.4. The fourth-order valence-electron chi connectivity index (χ4n) is 4.41. The van der Waals surface area contributed by atoms with Crippen LogP contribution in [-0.2, 0) is 0 Å². The maximum absolute atomic E-state index is 5.86. The van der Waals surface area contributed by atoms with E-state index >= 15 is 0 Å². The Hall–Kier alpha value is -3.55. The number of aromatic nitrogens is 3. The Labute approximate surface area is 201 Å². The van der Waals surface area contributed by atoms with Gasteiger partial charge in [0.25, 0.3) is 0 Å². The molecule has 162 valence electrons. The summed E-state index contributed by atoms with van der Waals surface area (Å²) in [7, 11) is 0. The molecule has 1 aliphatic rings. The largest absolute Gasteiger partial charge is 0.351 e. The van der Waals surface area contributed by atoms with Crippen LogP contribution in [0.5, 0.6) is 0 Å². The van der Waals surface area contributed by atoms with Gasteiger partial charge in [-0.25, -0.2) is 4.98 Å². The van der Waals surface area contributed by atoms with Crippen LogP contribution in [0, 0.1) is 6.92 Å². The van der Waals surface area contributed by atoms with Gasteiger partial charge in [0.2, 0.25) is 0 Å². The molecule has 0 saturated carbocycles. The van der Waals surface area contributed by atoms with Crippen molar-refractivity contribution in [1.29, 1.82) is 0 Å². The maximum Gasteiger partial charge on any atom is 0.194 e. The van der Waals surface area contributed by atoms with Crippen LogP contribution in [0.2, 0.25) is 0 Å². The van der Waals surface area contributed by atoms with Crippen molar-refractivity contribution in [2.24, 2.45) is 0 Å². The number of fused-ring (bicyclic) bond motifs is 1. The van der Waals surface area contributed by atoms with E-state index in [2.05, 4.69) is 93.6 Å². The smallest absolute Gasteiger partial charge is 0.194 e. The molecule has 0 bridgehead atoms. The van der Waals surface area contributed by atoms with Gasteiger partial charge in [0, 0.05) is 18.1 Å². The molecule has 1 aliphatic heterocycles. The van der Waals surface area contributed by atoms with Gasteiger partial charge < -0.3 is 10.2 Å². The van der Waals surface area contributed by atoms with Crippen LogP contribution in [-0.4, -0.2) is 19.6 Å². The molecule has 6 rings (SSSR count). The molecule has 4 heterocycles. The van der Waals surface area contributed by atoms with E-state index < -0.39 is 0 Å². The van der Waals surface area contributed by atoms with E-state index in [9.17, 15) is 0 Å². The van der Waals surface area contributed by atoms with Crippen LogP contribution < -0.4 is 10.2 Å². The van der Waals surface area contributed by atoms with Crippen LogP contribution in [0.4, 0.5) is 5.69 Å². The van der Waals surface area contributed by atoms with Crippen LogP contribution in [0.1, 0.15) is 29.0 Å². The Morgan fingerprint density at radius 3 is 2.55 bits per heavy atom. The fourth-order valence-corrected chi connectivity index (χ4v) is 5.73. The van der Waals surface area contributed by atoms with E-state index in [4.69, 9.17) is 17.2 Å². The van der Waals surface area contributed by atoms with Crippen molar-refractivity contribution in [2.45, 2.75) is 19.0 Å². The van der Waals surface area contributed by atoms with Gasteiger partial charge >= 0.3 is 0 Å². The lowest BCUT2D eigenvalue weighted by molar-refractivity contribution is 0.549. The third kappa shape index (κ3) is 3.50. The molecule has 0 amide bonds. The average Bonchev–Trinajstić information content (AvgIpc) is 3.56. The van der Waals surface area contributed by atoms with Gasteiger partial charge in [0.15, 0.2) is 10.2 Å². The summed E-state index contributed by atoms with van der Waals surface area (Å²) in [6.45, 7) is 2.09. The van der Waals surface area contributed by atoms with Crippen LogP contribution in [0.25, 0.3) is 15.3 Å². The van der Waals surface area contributed by atoms with Crippen molar-refractivity contribution in [1.82, 2.24) is 19.9 Å². The summed E-state index contributed by atoms with van der Waals surface area (Å²) >= 11 is 7.55. The summed E-state index contributed by atoms with van der Waals surface area (Å²) in [5, 5.41) is 5.18. The van der Waals surface area contributed by atoms with E-state index in [1.54, 1.807) is 11.3 Å². The number of hydrogen-bond acceptors (Lipinski definition) is 4. The van der Waals surface area contributed by atoms with E-state index in [1.807, 2.05) is 24.4 Å². The minimum Gasteiger partial charge on any atom is -0.351 e. The molecule has 1 saturated heterocycles. The van der Waals surface area contributed by atoms with Crippen molar-refractivity contribution >= 4 is 44.6 Å². The molecular formula is C26H21N5S2. The Bertz CT molecular complexity index is 1410. The summed E-state index contributed by atoms with van der Waals surface area (Å²) in [5.41, 5.74) is 5.34. The van der Waals surface area contributed by atoms with E-state index in [0.29, 0.717) is 5.11 Å². The standard InChI is InChI=1S/C26H21N5S2/c1-17-11-13-18(14-12-17)31-24(23(29-25(31)32)20-8-4-5-15-27-20)21-9-6-16-30(21)26-28-19-7-2-3-10-22(19)33-26/h2-16,23-24H,1H3,(H,29,32)/t23-,24-/m0/s1. The molecule has 0 unspecified atom stereocenters. The van der Waals surface area contributed by atoms with Gasteiger partial charge in [0.05, 0.1) is 27.6 Å². The number of nitrogens with one attached hydrogen (secondary N) is 1. The van der Waals surface area contributed by atoms with Gasteiger partial charge in [-0.1, -0.05) is 47.2 Å². The Morgan fingerprint density at radius 1 is 0.939 bits per heavy atom. The normalized spacial score (nSPS) is 18.1. The van der Waals surface area contributed by atoms with Crippen molar-refractivity contribution < 1.29 is 0 Å². The van der Waals surface area contributed by atoms with Crippen molar-refractivity contribution in [3.63, 3.8) is 0 Å². The summed E-state index contributed by atoms with van der Waals surface area (Å²) < 4.78 is 3.35. The minimum atomic E-state index is -0.0944. The number of nitrogens with zero attached hydrogens (tertiary/aromatic N) is 4. The summed E-state index contributed by atoms with van der Waals surface area (Å²) in [6, 6.07) is 26.8. The van der Waals surface area contributed by atoms with Crippen LogP contribution in [0.15, 0.2) is 91.3 Å². The number of thiocarbonyl (C=S) groups is 1. The summed E-state index contributed by atoms with van der Waals surface area (Å²) in [4.78, 5) is 11.8. The van der Waals surface area contributed by atoms with Gasteiger partial charge in [-0.15, -0.1) is 0 Å². The number of pyridine rings is 1. The molecule has 1 fully saturated rings. The van der Waals surface area contributed by atoms with Gasteiger partial charge in [-0.05, 0) is 67.7 Å². The number of aryl methyl sites for hydroxylation is 1. The van der Waals surface area contributed by atoms with Gasteiger partial charge in [-0.3, -0.25) is 9.55 Å². The number of hydrogen-bond donors (Lipinski definition) is 1. The third-order valence-electron chi connectivity index (χ3n) is 5.98. The lowest BCUT2D eigenvalue weighted by Gasteiger charge is -2.28. The monoisotopic (exact) mass is 467 g/mol. The molecule has 5 aromatic rings. The van der Waals surface area contributed by atoms with E-state index in [1.165, 1.54) is 10.3 Å².